The van der Waals surface area contributed by atoms with E-state index in [-0.39, 0.29) is 11.8 Å². The zero-order valence-electron chi connectivity index (χ0n) is 12.1. The number of halogens is 3. The average Bonchev–Trinajstić information content (AvgIpc) is 2.96. The third-order valence-electron chi connectivity index (χ3n) is 3.62. The Morgan fingerprint density at radius 2 is 2.14 bits per heavy atom. The van der Waals surface area contributed by atoms with Gasteiger partial charge in [0, 0.05) is 18.0 Å². The van der Waals surface area contributed by atoms with Crippen molar-refractivity contribution < 1.29 is 18.0 Å². The fourth-order valence-electron chi connectivity index (χ4n) is 2.43. The van der Waals surface area contributed by atoms with E-state index in [0.717, 1.165) is 32.5 Å². The monoisotopic (exact) mass is 352 g/mol. The van der Waals surface area contributed by atoms with E-state index in [2.05, 4.69) is 21.7 Å². The molecule has 1 N–H and O–H groups in total. The van der Waals surface area contributed by atoms with Gasteiger partial charge in [-0.2, -0.15) is 13.2 Å². The summed E-state index contributed by atoms with van der Waals surface area (Å²) in [5.41, 5.74) is -4.34. The lowest BCUT2D eigenvalue weighted by Gasteiger charge is -2.31. The van der Waals surface area contributed by atoms with Gasteiger partial charge in [-0.05, 0) is 55.1 Å². The fourth-order valence-corrected chi connectivity index (χ4v) is 3.57. The second kappa shape index (κ2) is 8.21. The van der Waals surface area contributed by atoms with Crippen molar-refractivity contribution in [3.05, 3.63) is 22.4 Å². The summed E-state index contributed by atoms with van der Waals surface area (Å²) in [5.74, 6) is -0.733. The number of thioether (sulfide) groups is 1. The number of likely N-dealkylation sites (tertiary alicyclic amines) is 1. The van der Waals surface area contributed by atoms with Crippen molar-refractivity contribution in [1.29, 1.82) is 0 Å². The summed E-state index contributed by atoms with van der Waals surface area (Å²) in [5, 5.41) is 4.68. The lowest BCUT2D eigenvalue weighted by molar-refractivity contribution is -0.119. The van der Waals surface area contributed by atoms with Gasteiger partial charge in [-0.25, -0.2) is 0 Å². The summed E-state index contributed by atoms with van der Waals surface area (Å²) in [6.07, 6.45) is 1.94. The molecule has 0 aliphatic carbocycles. The first-order valence-corrected chi connectivity index (χ1v) is 9.01. The molecule has 1 fully saturated rings. The second-order valence-corrected chi connectivity index (χ2v) is 7.41. The van der Waals surface area contributed by atoms with Crippen molar-refractivity contribution in [2.24, 2.45) is 5.92 Å². The lowest BCUT2D eigenvalue weighted by atomic mass is 9.97. The van der Waals surface area contributed by atoms with Gasteiger partial charge in [0.2, 0.25) is 5.91 Å². The maximum Gasteiger partial charge on any atom is 0.442 e. The molecule has 0 radical (unpaired) electrons. The third kappa shape index (κ3) is 6.58. The zero-order chi connectivity index (χ0) is 16.0. The third-order valence-corrected chi connectivity index (χ3v) is 5.22. The number of rotatable bonds is 6. The predicted molar refractivity (Wildman–Crippen MR) is 83.8 cm³/mol. The molecular weight excluding hydrogens is 333 g/mol. The number of carbonyl (C=O) groups is 1. The highest BCUT2D eigenvalue weighted by Crippen LogP contribution is 2.29. The first kappa shape index (κ1) is 17.6. The molecule has 1 amide bonds. The molecule has 1 aliphatic rings. The average molecular weight is 352 g/mol. The van der Waals surface area contributed by atoms with Crippen LogP contribution in [-0.2, 0) is 11.3 Å². The van der Waals surface area contributed by atoms with Gasteiger partial charge in [0.25, 0.3) is 0 Å². The highest BCUT2D eigenvalue weighted by Gasteiger charge is 2.29. The number of amides is 1. The van der Waals surface area contributed by atoms with Crippen molar-refractivity contribution in [2.45, 2.75) is 24.9 Å². The number of hydrogen-bond donors (Lipinski definition) is 1. The van der Waals surface area contributed by atoms with Crippen LogP contribution in [0.5, 0.6) is 0 Å². The highest BCUT2D eigenvalue weighted by atomic mass is 32.2. The molecule has 22 heavy (non-hydrogen) atoms. The molecule has 1 aliphatic heterocycles. The molecule has 0 spiro atoms. The van der Waals surface area contributed by atoms with Crippen molar-refractivity contribution >= 4 is 29.0 Å². The Morgan fingerprint density at radius 1 is 1.41 bits per heavy atom. The van der Waals surface area contributed by atoms with Gasteiger partial charge < -0.3 is 5.32 Å². The van der Waals surface area contributed by atoms with E-state index in [1.165, 1.54) is 4.88 Å². The minimum Gasteiger partial charge on any atom is -0.355 e. The number of carbonyl (C=O) groups excluding carboxylic acids is 1. The van der Waals surface area contributed by atoms with Crippen molar-refractivity contribution in [3.63, 3.8) is 0 Å². The van der Waals surface area contributed by atoms with Crippen molar-refractivity contribution in [1.82, 2.24) is 10.2 Å². The van der Waals surface area contributed by atoms with Gasteiger partial charge in [-0.3, -0.25) is 9.69 Å². The summed E-state index contributed by atoms with van der Waals surface area (Å²) in [4.78, 5) is 15.1. The summed E-state index contributed by atoms with van der Waals surface area (Å²) in [7, 11) is 0. The molecule has 2 rings (SSSR count). The molecule has 8 heteroatoms. The molecule has 0 aromatic carbocycles. The van der Waals surface area contributed by atoms with Crippen LogP contribution < -0.4 is 5.32 Å². The second-order valence-electron chi connectivity index (χ2n) is 5.34. The van der Waals surface area contributed by atoms with Crippen LogP contribution in [0.15, 0.2) is 17.5 Å². The molecule has 0 atom stereocenters. The normalized spacial score (nSPS) is 17.6. The Balaban J connectivity index is 1.60. The van der Waals surface area contributed by atoms with Crippen LogP contribution >= 0.6 is 23.1 Å². The molecule has 1 aromatic rings. The first-order valence-electron chi connectivity index (χ1n) is 7.14. The van der Waals surface area contributed by atoms with E-state index in [0.29, 0.717) is 12.5 Å². The Hall–Kier alpha value is -0.730. The Morgan fingerprint density at radius 3 is 2.73 bits per heavy atom. The van der Waals surface area contributed by atoms with Crippen LogP contribution in [0.2, 0.25) is 0 Å². The van der Waals surface area contributed by atoms with Crippen LogP contribution in [0.3, 0.4) is 0 Å². The number of piperidine rings is 1. The SMILES string of the molecule is O=C(CSC(F)(F)F)NCC1CCN(Cc2cccs2)CC1. The quantitative estimate of drug-likeness (QED) is 0.852. The zero-order valence-corrected chi connectivity index (χ0v) is 13.7. The van der Waals surface area contributed by atoms with E-state index >= 15 is 0 Å². The number of thiophene rings is 1. The van der Waals surface area contributed by atoms with Crippen molar-refractivity contribution in [3.8, 4) is 0 Å². The predicted octanol–water partition coefficient (Wildman–Crippen LogP) is 3.33. The molecule has 124 valence electrons. The Kier molecular flexibility index (Phi) is 6.58. The van der Waals surface area contributed by atoms with Crippen LogP contribution in [-0.4, -0.2) is 41.7 Å². The van der Waals surface area contributed by atoms with E-state index in [9.17, 15) is 18.0 Å². The van der Waals surface area contributed by atoms with E-state index in [1.54, 1.807) is 11.3 Å². The number of nitrogens with zero attached hydrogens (tertiary/aromatic N) is 1. The van der Waals surface area contributed by atoms with Crippen LogP contribution in [0, 0.1) is 5.92 Å². The Labute approximate surface area is 136 Å². The van der Waals surface area contributed by atoms with Gasteiger partial charge in [0.15, 0.2) is 0 Å². The van der Waals surface area contributed by atoms with E-state index < -0.39 is 17.2 Å². The largest absolute Gasteiger partial charge is 0.442 e. The molecule has 2 heterocycles. The maximum atomic E-state index is 12.0. The molecule has 0 bridgehead atoms. The van der Waals surface area contributed by atoms with Crippen molar-refractivity contribution in [2.75, 3.05) is 25.4 Å². The molecule has 0 unspecified atom stereocenters. The molecule has 3 nitrogen and oxygen atoms in total. The van der Waals surface area contributed by atoms with Gasteiger partial charge in [-0.15, -0.1) is 11.3 Å². The van der Waals surface area contributed by atoms with Gasteiger partial charge in [0.1, 0.15) is 0 Å². The minimum absolute atomic E-state index is 0.288. The highest BCUT2D eigenvalue weighted by molar-refractivity contribution is 8.00. The summed E-state index contributed by atoms with van der Waals surface area (Å²) in [6, 6.07) is 4.16. The van der Waals surface area contributed by atoms with E-state index in [1.807, 2.05) is 6.07 Å². The smallest absolute Gasteiger partial charge is 0.355 e. The summed E-state index contributed by atoms with van der Waals surface area (Å²) in [6.45, 7) is 3.37. The van der Waals surface area contributed by atoms with Crippen LogP contribution in [0.1, 0.15) is 17.7 Å². The van der Waals surface area contributed by atoms with Gasteiger partial charge in [-0.1, -0.05) is 6.07 Å². The molecule has 0 saturated carbocycles. The fraction of sp³-hybridized carbons (Fsp3) is 0.643. The first-order chi connectivity index (χ1) is 10.4. The van der Waals surface area contributed by atoms with Gasteiger partial charge in [0.05, 0.1) is 5.75 Å². The molecule has 1 aromatic heterocycles. The number of alkyl halides is 3. The van der Waals surface area contributed by atoms with Gasteiger partial charge >= 0.3 is 5.51 Å². The standard InChI is InChI=1S/C14H19F3N2OS2/c15-14(16,17)22-10-13(20)18-8-11-3-5-19(6-4-11)9-12-2-1-7-21-12/h1-2,7,11H,3-6,8-10H2,(H,18,20). The topological polar surface area (TPSA) is 32.3 Å². The number of nitrogens with one attached hydrogen (secondary N) is 1. The summed E-state index contributed by atoms with van der Waals surface area (Å²) >= 11 is 1.46. The maximum absolute atomic E-state index is 12.0. The molecular formula is C14H19F3N2OS2. The lowest BCUT2D eigenvalue weighted by Crippen LogP contribution is -2.38. The van der Waals surface area contributed by atoms with Crippen LogP contribution in [0.4, 0.5) is 13.2 Å². The molecule has 1 saturated heterocycles. The minimum atomic E-state index is -4.34. The van der Waals surface area contributed by atoms with E-state index in [4.69, 9.17) is 0 Å². The van der Waals surface area contributed by atoms with Crippen LogP contribution in [0.25, 0.3) is 0 Å². The Bertz CT molecular complexity index is 457. The number of hydrogen-bond acceptors (Lipinski definition) is 4. The summed E-state index contributed by atoms with van der Waals surface area (Å²) < 4.78 is 36.0.